The number of carbonyl (C=O) groups is 1. The van der Waals surface area contributed by atoms with E-state index in [1.807, 2.05) is 6.92 Å². The van der Waals surface area contributed by atoms with Crippen LogP contribution in [0.3, 0.4) is 0 Å². The molecule has 1 aromatic carbocycles. The minimum Gasteiger partial charge on any atom is -0.343 e. The number of hydrogen-bond acceptors (Lipinski definition) is 2. The van der Waals surface area contributed by atoms with Gasteiger partial charge in [0.25, 0.3) is 11.8 Å². The molecule has 0 bridgehead atoms. The van der Waals surface area contributed by atoms with Crippen molar-refractivity contribution < 1.29 is 13.6 Å². The number of amides is 1. The number of carbonyl (C=O) groups excluding carboxylic acids is 1. The molecule has 5 heteroatoms. The lowest BCUT2D eigenvalue weighted by Crippen LogP contribution is -2.58. The highest BCUT2D eigenvalue weighted by atomic mass is 19.3. The molecule has 1 aromatic rings. The molecular weight excluding hydrogens is 274 g/mol. The van der Waals surface area contributed by atoms with Gasteiger partial charge in [-0.3, -0.25) is 9.69 Å². The average molecular weight is 292 g/mol. The van der Waals surface area contributed by atoms with E-state index in [2.05, 4.69) is 11.2 Å². The van der Waals surface area contributed by atoms with Gasteiger partial charge in [-0.25, -0.2) is 8.78 Å². The van der Waals surface area contributed by atoms with E-state index >= 15 is 0 Å². The van der Waals surface area contributed by atoms with E-state index in [0.717, 1.165) is 0 Å². The topological polar surface area (TPSA) is 32.3 Å². The molecular formula is C16H18F2N2O. The van der Waals surface area contributed by atoms with Crippen LogP contribution in [-0.4, -0.2) is 42.4 Å². The molecule has 0 spiro atoms. The van der Waals surface area contributed by atoms with Crippen molar-refractivity contribution in [3.8, 4) is 12.3 Å². The molecule has 112 valence electrons. The smallest absolute Gasteiger partial charge is 0.280 e. The molecule has 0 saturated carbocycles. The number of benzene rings is 1. The molecule has 3 nitrogen and oxygen atoms in total. The van der Waals surface area contributed by atoms with Crippen LogP contribution in [0.1, 0.15) is 29.3 Å². The van der Waals surface area contributed by atoms with Gasteiger partial charge in [0.15, 0.2) is 0 Å². The predicted octanol–water partition coefficient (Wildman–Crippen LogP) is 2.13. The van der Waals surface area contributed by atoms with Gasteiger partial charge in [0, 0.05) is 17.7 Å². The van der Waals surface area contributed by atoms with Crippen LogP contribution >= 0.6 is 0 Å². The Morgan fingerprint density at radius 1 is 1.48 bits per heavy atom. The zero-order valence-corrected chi connectivity index (χ0v) is 11.9. The van der Waals surface area contributed by atoms with Gasteiger partial charge < -0.3 is 5.32 Å². The summed E-state index contributed by atoms with van der Waals surface area (Å²) in [5, 5.41) is 2.44. The number of piperidine rings is 1. The normalized spacial score (nSPS) is 21.5. The maximum Gasteiger partial charge on any atom is 0.280 e. The van der Waals surface area contributed by atoms with E-state index in [1.54, 1.807) is 29.2 Å². The number of nitrogens with one attached hydrogen (secondary N) is 1. The summed E-state index contributed by atoms with van der Waals surface area (Å²) in [6, 6.07) is 5.20. The van der Waals surface area contributed by atoms with E-state index in [0.29, 0.717) is 24.2 Å². The number of rotatable bonds is 3. The number of likely N-dealkylation sites (tertiary alicyclic amines) is 1. The predicted molar refractivity (Wildman–Crippen MR) is 77.3 cm³/mol. The zero-order chi connectivity index (χ0) is 15.5. The summed E-state index contributed by atoms with van der Waals surface area (Å²) in [4.78, 5) is 13.7. The van der Waals surface area contributed by atoms with Gasteiger partial charge in [-0.05, 0) is 37.2 Å². The molecule has 21 heavy (non-hydrogen) atoms. The second-order valence-corrected chi connectivity index (χ2v) is 5.17. The fourth-order valence-electron chi connectivity index (χ4n) is 2.42. The Labute approximate surface area is 123 Å². The summed E-state index contributed by atoms with van der Waals surface area (Å²) in [6.45, 7) is 2.68. The van der Waals surface area contributed by atoms with Crippen molar-refractivity contribution in [2.24, 2.45) is 0 Å². The van der Waals surface area contributed by atoms with Gasteiger partial charge >= 0.3 is 0 Å². The lowest BCUT2D eigenvalue weighted by molar-refractivity contribution is -0.0863. The van der Waals surface area contributed by atoms with Crippen molar-refractivity contribution in [2.75, 3.05) is 19.6 Å². The van der Waals surface area contributed by atoms with E-state index < -0.39 is 17.9 Å². The van der Waals surface area contributed by atoms with Crippen LogP contribution in [0.4, 0.5) is 8.78 Å². The Hall–Kier alpha value is -1.93. The third-order valence-electron chi connectivity index (χ3n) is 3.74. The van der Waals surface area contributed by atoms with E-state index in [1.165, 1.54) is 0 Å². The van der Waals surface area contributed by atoms with E-state index in [9.17, 15) is 13.6 Å². The van der Waals surface area contributed by atoms with Gasteiger partial charge in [-0.1, -0.05) is 12.8 Å². The Kier molecular flexibility index (Phi) is 4.59. The number of nitrogens with zero attached hydrogens (tertiary/aromatic N) is 1. The lowest BCUT2D eigenvalue weighted by atomic mass is 10.00. The third-order valence-corrected chi connectivity index (χ3v) is 3.74. The van der Waals surface area contributed by atoms with Crippen LogP contribution in [-0.2, 0) is 0 Å². The maximum absolute atomic E-state index is 14.0. The molecule has 0 unspecified atom stereocenters. The average Bonchev–Trinajstić information content (AvgIpc) is 2.48. The summed E-state index contributed by atoms with van der Waals surface area (Å²) < 4.78 is 28.0. The monoisotopic (exact) mass is 292 g/mol. The summed E-state index contributed by atoms with van der Waals surface area (Å²) >= 11 is 0. The molecule has 1 heterocycles. The standard InChI is InChI=1S/C16H18F2N2O/c1-3-12-5-7-13(8-6-12)15(21)19-14-9-10-20(4-2)11-16(14,17)18/h1,5-8,14H,4,9-11H2,2H3,(H,19,21)/t14-/m0/s1. The summed E-state index contributed by atoms with van der Waals surface area (Å²) in [6.07, 6.45) is 5.48. The van der Waals surface area contributed by atoms with Gasteiger partial charge in [-0.2, -0.15) is 0 Å². The highest BCUT2D eigenvalue weighted by Gasteiger charge is 2.44. The molecule has 0 radical (unpaired) electrons. The molecule has 1 aliphatic heterocycles. The zero-order valence-electron chi connectivity index (χ0n) is 11.9. The second-order valence-electron chi connectivity index (χ2n) is 5.17. The van der Waals surface area contributed by atoms with Crippen LogP contribution in [0.15, 0.2) is 24.3 Å². The van der Waals surface area contributed by atoms with E-state index in [4.69, 9.17) is 6.42 Å². The minimum atomic E-state index is -2.91. The fraction of sp³-hybridized carbons (Fsp3) is 0.438. The number of alkyl halides is 2. The molecule has 1 atom stereocenters. The van der Waals surface area contributed by atoms with Crippen molar-refractivity contribution >= 4 is 5.91 Å². The second kappa shape index (κ2) is 6.23. The maximum atomic E-state index is 14.0. The third kappa shape index (κ3) is 3.59. The first-order valence-electron chi connectivity index (χ1n) is 6.94. The minimum absolute atomic E-state index is 0.245. The molecule has 1 N–H and O–H groups in total. The van der Waals surface area contributed by atoms with Crippen molar-refractivity contribution in [3.05, 3.63) is 35.4 Å². The van der Waals surface area contributed by atoms with Crippen molar-refractivity contribution in [3.63, 3.8) is 0 Å². The molecule has 0 aromatic heterocycles. The van der Waals surface area contributed by atoms with Crippen LogP contribution < -0.4 is 5.32 Å². The fourth-order valence-corrected chi connectivity index (χ4v) is 2.42. The van der Waals surface area contributed by atoms with Crippen LogP contribution in [0.25, 0.3) is 0 Å². The first-order valence-corrected chi connectivity index (χ1v) is 6.94. The van der Waals surface area contributed by atoms with Gasteiger partial charge in [-0.15, -0.1) is 6.42 Å². The Balaban J connectivity index is 2.03. The molecule has 1 fully saturated rings. The largest absolute Gasteiger partial charge is 0.343 e. The van der Waals surface area contributed by atoms with Crippen LogP contribution in [0.2, 0.25) is 0 Å². The number of halogens is 2. The lowest BCUT2D eigenvalue weighted by Gasteiger charge is -2.38. The van der Waals surface area contributed by atoms with Gasteiger partial charge in [0.2, 0.25) is 0 Å². The van der Waals surface area contributed by atoms with Crippen molar-refractivity contribution in [1.29, 1.82) is 0 Å². The van der Waals surface area contributed by atoms with Crippen molar-refractivity contribution in [1.82, 2.24) is 10.2 Å². The molecule has 0 aliphatic carbocycles. The summed E-state index contributed by atoms with van der Waals surface area (Å²) in [5.41, 5.74) is 0.982. The summed E-state index contributed by atoms with van der Waals surface area (Å²) in [5.74, 6) is -0.965. The number of hydrogen-bond donors (Lipinski definition) is 1. The molecule has 2 rings (SSSR count). The van der Waals surface area contributed by atoms with Crippen molar-refractivity contribution in [2.45, 2.75) is 25.3 Å². The first-order chi connectivity index (χ1) is 9.96. The first kappa shape index (κ1) is 15.5. The Morgan fingerprint density at radius 3 is 2.67 bits per heavy atom. The highest BCUT2D eigenvalue weighted by molar-refractivity contribution is 5.94. The Morgan fingerprint density at radius 2 is 2.14 bits per heavy atom. The highest BCUT2D eigenvalue weighted by Crippen LogP contribution is 2.27. The van der Waals surface area contributed by atoms with Gasteiger partial charge in [0.1, 0.15) is 0 Å². The Bertz CT molecular complexity index is 548. The summed E-state index contributed by atoms with van der Waals surface area (Å²) in [7, 11) is 0. The molecule has 1 amide bonds. The SMILES string of the molecule is C#Cc1ccc(C(=O)N[C@H]2CCN(CC)CC2(F)F)cc1. The van der Waals surface area contributed by atoms with Gasteiger partial charge in [0.05, 0.1) is 12.6 Å². The van der Waals surface area contributed by atoms with Crippen LogP contribution in [0.5, 0.6) is 0 Å². The number of terminal acetylenes is 1. The van der Waals surface area contributed by atoms with Crippen LogP contribution in [0, 0.1) is 12.3 Å². The molecule has 1 aliphatic rings. The molecule has 1 saturated heterocycles. The van der Waals surface area contributed by atoms with E-state index in [-0.39, 0.29) is 13.0 Å². The quantitative estimate of drug-likeness (QED) is 0.866.